The molecule has 88 valence electrons. The highest BCUT2D eigenvalue weighted by atomic mass is 16.1. The van der Waals surface area contributed by atoms with Gasteiger partial charge in [0.1, 0.15) is 5.82 Å². The highest BCUT2D eigenvalue weighted by Gasteiger charge is 2.14. The first kappa shape index (κ1) is 12.4. The molecule has 0 radical (unpaired) electrons. The Labute approximate surface area is 95.7 Å². The van der Waals surface area contributed by atoms with Crippen LogP contribution >= 0.6 is 0 Å². The van der Waals surface area contributed by atoms with Crippen molar-refractivity contribution in [3.8, 4) is 0 Å². The van der Waals surface area contributed by atoms with E-state index in [0.717, 1.165) is 0 Å². The third kappa shape index (κ3) is 2.68. The van der Waals surface area contributed by atoms with Crippen LogP contribution in [0.3, 0.4) is 0 Å². The molecule has 1 amide bonds. The largest absolute Gasteiger partial charge is 0.385 e. The van der Waals surface area contributed by atoms with Gasteiger partial charge in [-0.05, 0) is 6.92 Å². The van der Waals surface area contributed by atoms with E-state index in [1.807, 2.05) is 20.8 Å². The molecule has 1 heterocycles. The lowest BCUT2D eigenvalue weighted by atomic mass is 10.2. The maximum absolute atomic E-state index is 11.8. The SMILES string of the molecule is CCNC(=O)c1nc(C(C)C)ncc1NC. The first-order valence-corrected chi connectivity index (χ1v) is 5.43. The monoisotopic (exact) mass is 222 g/mol. The summed E-state index contributed by atoms with van der Waals surface area (Å²) >= 11 is 0. The van der Waals surface area contributed by atoms with Gasteiger partial charge in [0.15, 0.2) is 5.69 Å². The van der Waals surface area contributed by atoms with Gasteiger partial charge in [-0.2, -0.15) is 0 Å². The van der Waals surface area contributed by atoms with Crippen LogP contribution in [0, 0.1) is 0 Å². The van der Waals surface area contributed by atoms with Gasteiger partial charge in [-0.1, -0.05) is 13.8 Å². The summed E-state index contributed by atoms with van der Waals surface area (Å²) in [6, 6.07) is 0. The van der Waals surface area contributed by atoms with Gasteiger partial charge in [0, 0.05) is 19.5 Å². The van der Waals surface area contributed by atoms with Gasteiger partial charge in [-0.15, -0.1) is 0 Å². The fraction of sp³-hybridized carbons (Fsp3) is 0.545. The van der Waals surface area contributed by atoms with Gasteiger partial charge in [-0.25, -0.2) is 9.97 Å². The molecule has 1 aromatic heterocycles. The van der Waals surface area contributed by atoms with Crippen molar-refractivity contribution < 1.29 is 4.79 Å². The van der Waals surface area contributed by atoms with E-state index in [9.17, 15) is 4.79 Å². The van der Waals surface area contributed by atoms with Crippen LogP contribution in [0.1, 0.15) is 43.0 Å². The normalized spacial score (nSPS) is 10.3. The first-order chi connectivity index (χ1) is 7.60. The molecule has 0 aliphatic heterocycles. The molecule has 0 atom stereocenters. The molecular formula is C11H18N4O. The Kier molecular flexibility index (Phi) is 4.22. The first-order valence-electron chi connectivity index (χ1n) is 5.43. The zero-order valence-corrected chi connectivity index (χ0v) is 10.2. The highest BCUT2D eigenvalue weighted by Crippen LogP contribution is 2.15. The molecule has 0 fully saturated rings. The van der Waals surface area contributed by atoms with E-state index in [0.29, 0.717) is 23.8 Å². The molecule has 5 nitrogen and oxygen atoms in total. The minimum Gasteiger partial charge on any atom is -0.385 e. The Balaban J connectivity index is 3.11. The van der Waals surface area contributed by atoms with E-state index in [2.05, 4.69) is 20.6 Å². The Bertz CT molecular complexity index is 376. The Morgan fingerprint density at radius 1 is 1.50 bits per heavy atom. The van der Waals surface area contributed by atoms with Crippen molar-refractivity contribution in [2.24, 2.45) is 0 Å². The molecule has 0 aromatic carbocycles. The number of carbonyl (C=O) groups excluding carboxylic acids is 1. The molecular weight excluding hydrogens is 204 g/mol. The number of carbonyl (C=O) groups is 1. The lowest BCUT2D eigenvalue weighted by Gasteiger charge is -2.10. The number of nitrogens with one attached hydrogen (secondary N) is 2. The fourth-order valence-electron chi connectivity index (χ4n) is 1.27. The van der Waals surface area contributed by atoms with Gasteiger partial charge in [0.05, 0.1) is 11.9 Å². The molecule has 1 aromatic rings. The van der Waals surface area contributed by atoms with Crippen LogP contribution in [0.25, 0.3) is 0 Å². The molecule has 2 N–H and O–H groups in total. The molecule has 0 spiro atoms. The summed E-state index contributed by atoms with van der Waals surface area (Å²) in [5.41, 5.74) is 1.05. The number of hydrogen-bond donors (Lipinski definition) is 2. The van der Waals surface area contributed by atoms with Gasteiger partial charge < -0.3 is 10.6 Å². The zero-order valence-electron chi connectivity index (χ0n) is 10.2. The summed E-state index contributed by atoms with van der Waals surface area (Å²) in [4.78, 5) is 20.2. The van der Waals surface area contributed by atoms with Crippen LogP contribution < -0.4 is 10.6 Å². The van der Waals surface area contributed by atoms with E-state index in [1.165, 1.54) is 0 Å². The van der Waals surface area contributed by atoms with Crippen molar-refractivity contribution in [3.05, 3.63) is 17.7 Å². The second-order valence-electron chi connectivity index (χ2n) is 3.75. The molecule has 0 saturated carbocycles. The van der Waals surface area contributed by atoms with E-state index in [1.54, 1.807) is 13.2 Å². The number of rotatable bonds is 4. The predicted molar refractivity (Wildman–Crippen MR) is 63.7 cm³/mol. The molecule has 0 saturated heterocycles. The second-order valence-corrected chi connectivity index (χ2v) is 3.75. The third-order valence-electron chi connectivity index (χ3n) is 2.15. The summed E-state index contributed by atoms with van der Waals surface area (Å²) in [5.74, 6) is 0.718. The number of anilines is 1. The van der Waals surface area contributed by atoms with Crippen molar-refractivity contribution in [2.45, 2.75) is 26.7 Å². The minimum absolute atomic E-state index is 0.170. The lowest BCUT2D eigenvalue weighted by molar-refractivity contribution is 0.0951. The van der Waals surface area contributed by atoms with Crippen LogP contribution in [-0.2, 0) is 0 Å². The van der Waals surface area contributed by atoms with Crippen molar-refractivity contribution in [1.82, 2.24) is 15.3 Å². The average Bonchev–Trinajstić information content (AvgIpc) is 2.28. The van der Waals surface area contributed by atoms with Crippen LogP contribution in [0.5, 0.6) is 0 Å². The fourth-order valence-corrected chi connectivity index (χ4v) is 1.27. The van der Waals surface area contributed by atoms with Gasteiger partial charge in [-0.3, -0.25) is 4.79 Å². The Morgan fingerprint density at radius 2 is 2.19 bits per heavy atom. The van der Waals surface area contributed by atoms with Crippen LogP contribution in [0.4, 0.5) is 5.69 Å². The quantitative estimate of drug-likeness (QED) is 0.808. The maximum atomic E-state index is 11.8. The Hall–Kier alpha value is -1.65. The number of aromatic nitrogens is 2. The molecule has 0 aliphatic carbocycles. The number of nitrogens with zero attached hydrogens (tertiary/aromatic N) is 2. The molecule has 0 bridgehead atoms. The molecule has 0 aliphatic rings. The predicted octanol–water partition coefficient (Wildman–Crippen LogP) is 1.39. The van der Waals surface area contributed by atoms with Crippen molar-refractivity contribution >= 4 is 11.6 Å². The van der Waals surface area contributed by atoms with Crippen LogP contribution in [-0.4, -0.2) is 29.5 Å². The van der Waals surface area contributed by atoms with Crippen LogP contribution in [0.2, 0.25) is 0 Å². The van der Waals surface area contributed by atoms with Crippen molar-refractivity contribution in [1.29, 1.82) is 0 Å². The summed E-state index contributed by atoms with van der Waals surface area (Å²) in [6.45, 7) is 6.45. The second kappa shape index (κ2) is 5.44. The minimum atomic E-state index is -0.170. The summed E-state index contributed by atoms with van der Waals surface area (Å²) < 4.78 is 0. The smallest absolute Gasteiger partial charge is 0.272 e. The number of hydrogen-bond acceptors (Lipinski definition) is 4. The third-order valence-corrected chi connectivity index (χ3v) is 2.15. The van der Waals surface area contributed by atoms with E-state index < -0.39 is 0 Å². The Morgan fingerprint density at radius 3 is 2.69 bits per heavy atom. The molecule has 16 heavy (non-hydrogen) atoms. The average molecular weight is 222 g/mol. The summed E-state index contributed by atoms with van der Waals surface area (Å²) in [5, 5.41) is 5.65. The highest BCUT2D eigenvalue weighted by molar-refractivity contribution is 5.97. The van der Waals surface area contributed by atoms with Crippen LogP contribution in [0.15, 0.2) is 6.20 Å². The van der Waals surface area contributed by atoms with Crippen molar-refractivity contribution in [3.63, 3.8) is 0 Å². The maximum Gasteiger partial charge on any atom is 0.272 e. The summed E-state index contributed by atoms with van der Waals surface area (Å²) in [6.07, 6.45) is 1.65. The number of amides is 1. The van der Waals surface area contributed by atoms with Crippen molar-refractivity contribution in [2.75, 3.05) is 18.9 Å². The molecule has 1 rings (SSSR count). The topological polar surface area (TPSA) is 66.9 Å². The van der Waals surface area contributed by atoms with Gasteiger partial charge in [0.2, 0.25) is 0 Å². The lowest BCUT2D eigenvalue weighted by Crippen LogP contribution is -2.25. The zero-order chi connectivity index (χ0) is 12.1. The van der Waals surface area contributed by atoms with Gasteiger partial charge >= 0.3 is 0 Å². The van der Waals surface area contributed by atoms with Gasteiger partial charge in [0.25, 0.3) is 5.91 Å². The molecule has 5 heteroatoms. The van der Waals surface area contributed by atoms with E-state index in [4.69, 9.17) is 0 Å². The van der Waals surface area contributed by atoms with E-state index >= 15 is 0 Å². The van der Waals surface area contributed by atoms with E-state index in [-0.39, 0.29) is 11.8 Å². The standard InChI is InChI=1S/C11H18N4O/c1-5-13-11(16)9-8(12-4)6-14-10(15-9)7(2)3/h6-7,12H,5H2,1-4H3,(H,13,16). The molecule has 0 unspecified atom stereocenters. The summed E-state index contributed by atoms with van der Waals surface area (Å²) in [7, 11) is 1.75.